The Labute approximate surface area is 118 Å². The van der Waals surface area contributed by atoms with E-state index in [1.807, 2.05) is 18.7 Å². The Morgan fingerprint density at radius 2 is 1.84 bits per heavy atom. The summed E-state index contributed by atoms with van der Waals surface area (Å²) in [6.45, 7) is 3.69. The van der Waals surface area contributed by atoms with Crippen LogP contribution >= 0.6 is 11.8 Å². The molecule has 1 aliphatic rings. The van der Waals surface area contributed by atoms with Gasteiger partial charge in [0, 0.05) is 13.1 Å². The first kappa shape index (κ1) is 14.2. The van der Waals surface area contributed by atoms with E-state index >= 15 is 0 Å². The van der Waals surface area contributed by atoms with Gasteiger partial charge in [-0.05, 0) is 37.2 Å². The van der Waals surface area contributed by atoms with Crippen molar-refractivity contribution in [3.05, 3.63) is 0 Å². The molecular weight excluding hydrogens is 262 g/mol. The fourth-order valence-corrected chi connectivity index (χ4v) is 3.15. The average Bonchev–Trinajstić information content (AvgIpc) is 2.46. The number of thioether (sulfide) groups is 1. The monoisotopic (exact) mass is 283 g/mol. The van der Waals surface area contributed by atoms with E-state index in [0.29, 0.717) is 23.8 Å². The van der Waals surface area contributed by atoms with Crippen LogP contribution in [0.3, 0.4) is 0 Å². The van der Waals surface area contributed by atoms with Gasteiger partial charge >= 0.3 is 6.01 Å². The van der Waals surface area contributed by atoms with E-state index in [1.54, 1.807) is 7.11 Å². The summed E-state index contributed by atoms with van der Waals surface area (Å²) in [6.07, 6.45) is 2.53. The number of hydrogen-bond acceptors (Lipinski definition) is 7. The first-order valence-corrected chi connectivity index (χ1v) is 7.83. The molecule has 0 amide bonds. The number of ether oxygens (including phenoxy) is 1. The van der Waals surface area contributed by atoms with Gasteiger partial charge in [0.1, 0.15) is 0 Å². The molecule has 2 N–H and O–H groups in total. The van der Waals surface area contributed by atoms with Crippen LogP contribution in [-0.2, 0) is 0 Å². The van der Waals surface area contributed by atoms with Gasteiger partial charge in [0.05, 0.1) is 7.11 Å². The lowest BCUT2D eigenvalue weighted by molar-refractivity contribution is 0.379. The molecule has 7 heteroatoms. The standard InChI is InChI=1S/C12H21N5OS/c1-3-13-10-15-11(17-12(16-10)18-2)14-8-9-4-6-19-7-5-9/h9H,3-8H2,1-2H3,(H2,13,14,15,16,17). The second-order valence-electron chi connectivity index (χ2n) is 4.44. The molecule has 0 saturated carbocycles. The van der Waals surface area contributed by atoms with E-state index in [4.69, 9.17) is 4.74 Å². The summed E-state index contributed by atoms with van der Waals surface area (Å²) in [4.78, 5) is 12.7. The van der Waals surface area contributed by atoms with E-state index in [2.05, 4.69) is 25.6 Å². The predicted octanol–water partition coefficient (Wildman–Crippen LogP) is 1.87. The highest BCUT2D eigenvalue weighted by Crippen LogP contribution is 2.22. The van der Waals surface area contributed by atoms with Crippen molar-refractivity contribution in [1.82, 2.24) is 15.0 Å². The molecule has 1 saturated heterocycles. The van der Waals surface area contributed by atoms with Crippen LogP contribution in [-0.4, -0.2) is 46.7 Å². The number of nitrogens with one attached hydrogen (secondary N) is 2. The number of hydrogen-bond donors (Lipinski definition) is 2. The Balaban J connectivity index is 1.95. The van der Waals surface area contributed by atoms with Gasteiger partial charge < -0.3 is 15.4 Å². The molecular formula is C12H21N5OS. The van der Waals surface area contributed by atoms with Crippen molar-refractivity contribution >= 4 is 23.7 Å². The third-order valence-corrected chi connectivity index (χ3v) is 4.07. The fourth-order valence-electron chi connectivity index (χ4n) is 1.95. The van der Waals surface area contributed by atoms with Crippen LogP contribution in [0.1, 0.15) is 19.8 Å². The molecule has 0 radical (unpaired) electrons. The minimum atomic E-state index is 0.340. The molecule has 1 aliphatic heterocycles. The third-order valence-electron chi connectivity index (χ3n) is 3.02. The van der Waals surface area contributed by atoms with Crippen LogP contribution in [0.15, 0.2) is 0 Å². The number of anilines is 2. The van der Waals surface area contributed by atoms with Gasteiger partial charge in [0.15, 0.2) is 0 Å². The molecule has 0 atom stereocenters. The maximum atomic E-state index is 5.09. The largest absolute Gasteiger partial charge is 0.467 e. The van der Waals surface area contributed by atoms with Gasteiger partial charge in [-0.2, -0.15) is 26.7 Å². The average molecular weight is 283 g/mol. The van der Waals surface area contributed by atoms with Gasteiger partial charge in [0.25, 0.3) is 0 Å². The topological polar surface area (TPSA) is 72.0 Å². The minimum absolute atomic E-state index is 0.340. The second-order valence-corrected chi connectivity index (χ2v) is 5.66. The van der Waals surface area contributed by atoms with E-state index < -0.39 is 0 Å². The highest BCUT2D eigenvalue weighted by atomic mass is 32.2. The Morgan fingerprint density at radius 1 is 1.16 bits per heavy atom. The van der Waals surface area contributed by atoms with Crippen molar-refractivity contribution in [2.24, 2.45) is 5.92 Å². The normalized spacial score (nSPS) is 16.1. The van der Waals surface area contributed by atoms with Crippen LogP contribution in [0.25, 0.3) is 0 Å². The molecule has 106 valence electrons. The van der Waals surface area contributed by atoms with Crippen molar-refractivity contribution in [1.29, 1.82) is 0 Å². The molecule has 2 heterocycles. The lowest BCUT2D eigenvalue weighted by Crippen LogP contribution is -2.20. The zero-order valence-electron chi connectivity index (χ0n) is 11.5. The van der Waals surface area contributed by atoms with Crippen molar-refractivity contribution in [3.63, 3.8) is 0 Å². The first-order chi connectivity index (χ1) is 9.31. The maximum Gasteiger partial charge on any atom is 0.322 e. The zero-order valence-corrected chi connectivity index (χ0v) is 12.3. The summed E-state index contributed by atoms with van der Waals surface area (Å²) in [7, 11) is 1.56. The number of aromatic nitrogens is 3. The lowest BCUT2D eigenvalue weighted by atomic mass is 10.0. The zero-order chi connectivity index (χ0) is 13.5. The molecule has 0 bridgehead atoms. The van der Waals surface area contributed by atoms with Gasteiger partial charge in [-0.25, -0.2) is 0 Å². The summed E-state index contributed by atoms with van der Waals surface area (Å²) in [6, 6.07) is 0.340. The summed E-state index contributed by atoms with van der Waals surface area (Å²) < 4.78 is 5.09. The van der Waals surface area contributed by atoms with Gasteiger partial charge in [-0.3, -0.25) is 0 Å². The SMILES string of the molecule is CCNc1nc(NCC2CCSCC2)nc(OC)n1. The second kappa shape index (κ2) is 7.37. The molecule has 0 aromatic carbocycles. The maximum absolute atomic E-state index is 5.09. The number of nitrogens with zero attached hydrogens (tertiary/aromatic N) is 3. The summed E-state index contributed by atoms with van der Waals surface area (Å²) in [5.41, 5.74) is 0. The molecule has 1 aromatic heterocycles. The van der Waals surface area contributed by atoms with Gasteiger partial charge in [0.2, 0.25) is 11.9 Å². The van der Waals surface area contributed by atoms with Crippen molar-refractivity contribution in [2.75, 3.05) is 42.3 Å². The summed E-state index contributed by atoms with van der Waals surface area (Å²) in [5.74, 6) is 4.37. The lowest BCUT2D eigenvalue weighted by Gasteiger charge is -2.21. The van der Waals surface area contributed by atoms with Crippen molar-refractivity contribution in [2.45, 2.75) is 19.8 Å². The molecule has 0 spiro atoms. The van der Waals surface area contributed by atoms with Crippen LogP contribution in [0.4, 0.5) is 11.9 Å². The predicted molar refractivity (Wildman–Crippen MR) is 79.1 cm³/mol. The first-order valence-electron chi connectivity index (χ1n) is 6.67. The highest BCUT2D eigenvalue weighted by Gasteiger charge is 2.14. The van der Waals surface area contributed by atoms with Crippen LogP contribution < -0.4 is 15.4 Å². The minimum Gasteiger partial charge on any atom is -0.467 e. The quantitative estimate of drug-likeness (QED) is 0.825. The van der Waals surface area contributed by atoms with E-state index in [1.165, 1.54) is 24.3 Å². The summed E-state index contributed by atoms with van der Waals surface area (Å²) in [5, 5.41) is 6.37. The Hall–Kier alpha value is -1.24. The van der Waals surface area contributed by atoms with Crippen molar-refractivity contribution < 1.29 is 4.74 Å². The van der Waals surface area contributed by atoms with Gasteiger partial charge in [-0.1, -0.05) is 0 Å². The number of methoxy groups -OCH3 is 1. The molecule has 0 aliphatic carbocycles. The van der Waals surface area contributed by atoms with Gasteiger partial charge in [-0.15, -0.1) is 0 Å². The fraction of sp³-hybridized carbons (Fsp3) is 0.750. The Bertz CT molecular complexity index is 398. The molecule has 1 aromatic rings. The molecule has 6 nitrogen and oxygen atoms in total. The molecule has 19 heavy (non-hydrogen) atoms. The van der Waals surface area contributed by atoms with E-state index in [9.17, 15) is 0 Å². The van der Waals surface area contributed by atoms with E-state index in [0.717, 1.165) is 13.1 Å². The van der Waals surface area contributed by atoms with Crippen LogP contribution in [0, 0.1) is 5.92 Å². The molecule has 0 unspecified atom stereocenters. The molecule has 1 fully saturated rings. The Morgan fingerprint density at radius 3 is 2.47 bits per heavy atom. The number of rotatable bonds is 6. The molecule has 2 rings (SSSR count). The van der Waals surface area contributed by atoms with Crippen LogP contribution in [0.2, 0.25) is 0 Å². The highest BCUT2D eigenvalue weighted by molar-refractivity contribution is 7.99. The van der Waals surface area contributed by atoms with Crippen LogP contribution in [0.5, 0.6) is 6.01 Å². The summed E-state index contributed by atoms with van der Waals surface area (Å²) >= 11 is 2.04. The smallest absolute Gasteiger partial charge is 0.322 e. The Kier molecular flexibility index (Phi) is 5.50. The van der Waals surface area contributed by atoms with E-state index in [-0.39, 0.29) is 0 Å². The van der Waals surface area contributed by atoms with Crippen molar-refractivity contribution in [3.8, 4) is 6.01 Å². The third kappa shape index (κ3) is 4.41.